The van der Waals surface area contributed by atoms with Crippen molar-refractivity contribution in [1.82, 2.24) is 19.9 Å². The maximum absolute atomic E-state index is 13.1. The van der Waals surface area contributed by atoms with Gasteiger partial charge in [-0.25, -0.2) is 14.1 Å². The van der Waals surface area contributed by atoms with Crippen LogP contribution >= 0.6 is 11.8 Å². The molecule has 0 aliphatic heterocycles. The van der Waals surface area contributed by atoms with Crippen LogP contribution < -0.4 is 10.6 Å². The Hall–Kier alpha value is -3.33. The Morgan fingerprint density at radius 3 is 2.47 bits per heavy atom. The molecule has 0 saturated heterocycles. The van der Waals surface area contributed by atoms with Crippen molar-refractivity contribution in [3.63, 3.8) is 0 Å². The summed E-state index contributed by atoms with van der Waals surface area (Å²) >= 11 is 1.35. The number of nitrogens with two attached hydrogens (primary N) is 1. The van der Waals surface area contributed by atoms with E-state index in [2.05, 4.69) is 48.1 Å². The molecular weight excluding hydrogens is 429 g/mol. The van der Waals surface area contributed by atoms with Crippen molar-refractivity contribution >= 4 is 11.8 Å². The van der Waals surface area contributed by atoms with E-state index in [4.69, 9.17) is 15.0 Å². The molecule has 0 radical (unpaired) electrons. The summed E-state index contributed by atoms with van der Waals surface area (Å²) in [6.07, 6.45) is 1.61. The van der Waals surface area contributed by atoms with Gasteiger partial charge in [0, 0.05) is 5.56 Å². The highest BCUT2D eigenvalue weighted by atomic mass is 32.2. The molecule has 0 spiro atoms. The van der Waals surface area contributed by atoms with Crippen molar-refractivity contribution in [3.8, 4) is 17.1 Å². The SMILES string of the molecule is CC(C)(C)c1ccc(OCc2nnc(SCc3ncc(-c4ccc(F)cc4)o3)n2N)cc1. The van der Waals surface area contributed by atoms with Crippen LogP contribution in [0.3, 0.4) is 0 Å². The first-order chi connectivity index (χ1) is 15.3. The fourth-order valence-corrected chi connectivity index (χ4v) is 3.68. The molecule has 0 bridgehead atoms. The molecule has 2 aromatic carbocycles. The van der Waals surface area contributed by atoms with Crippen molar-refractivity contribution in [2.75, 3.05) is 5.84 Å². The van der Waals surface area contributed by atoms with Gasteiger partial charge >= 0.3 is 0 Å². The normalized spacial score (nSPS) is 11.6. The molecule has 2 N–H and O–H groups in total. The Balaban J connectivity index is 1.34. The number of thioether (sulfide) groups is 1. The van der Waals surface area contributed by atoms with E-state index >= 15 is 0 Å². The van der Waals surface area contributed by atoms with E-state index in [-0.39, 0.29) is 17.8 Å². The van der Waals surface area contributed by atoms with Crippen molar-refractivity contribution in [3.05, 3.63) is 77.8 Å². The lowest BCUT2D eigenvalue weighted by molar-refractivity contribution is 0.291. The van der Waals surface area contributed by atoms with E-state index in [0.717, 1.165) is 11.3 Å². The molecule has 0 aliphatic carbocycles. The van der Waals surface area contributed by atoms with Gasteiger partial charge in [0.15, 0.2) is 11.6 Å². The number of halogens is 1. The third-order valence-electron chi connectivity index (χ3n) is 4.83. The van der Waals surface area contributed by atoms with Gasteiger partial charge < -0.3 is 15.0 Å². The summed E-state index contributed by atoms with van der Waals surface area (Å²) in [6, 6.07) is 14.0. The fraction of sp³-hybridized carbons (Fsp3) is 0.261. The molecule has 0 unspecified atom stereocenters. The van der Waals surface area contributed by atoms with Crippen LogP contribution in [-0.2, 0) is 17.8 Å². The molecule has 166 valence electrons. The molecule has 9 heteroatoms. The summed E-state index contributed by atoms with van der Waals surface area (Å²) in [6.45, 7) is 6.70. The number of nitrogens with zero attached hydrogens (tertiary/aromatic N) is 4. The first-order valence-corrected chi connectivity index (χ1v) is 11.0. The van der Waals surface area contributed by atoms with Crippen molar-refractivity contribution in [2.45, 2.75) is 43.7 Å². The van der Waals surface area contributed by atoms with Gasteiger partial charge in [0.1, 0.15) is 18.2 Å². The van der Waals surface area contributed by atoms with E-state index in [9.17, 15) is 4.39 Å². The zero-order valence-electron chi connectivity index (χ0n) is 18.1. The molecule has 4 aromatic rings. The number of oxazole rings is 1. The lowest BCUT2D eigenvalue weighted by atomic mass is 9.87. The maximum atomic E-state index is 13.1. The van der Waals surface area contributed by atoms with Gasteiger partial charge in [-0.15, -0.1) is 10.2 Å². The summed E-state index contributed by atoms with van der Waals surface area (Å²) < 4.78 is 26.0. The molecule has 2 aromatic heterocycles. The number of ether oxygens (including phenoxy) is 1. The standard InChI is InChI=1S/C23H24FN5O2S/c1-23(2,3)16-6-10-18(11-7-16)30-13-20-27-28-22(29(20)25)32-14-21-26-12-19(31-21)15-4-8-17(24)9-5-15/h4-12H,13-14,25H2,1-3H3. The third kappa shape index (κ3) is 5.11. The largest absolute Gasteiger partial charge is 0.486 e. The highest BCUT2D eigenvalue weighted by molar-refractivity contribution is 7.98. The predicted molar refractivity (Wildman–Crippen MR) is 121 cm³/mol. The number of aromatic nitrogens is 4. The monoisotopic (exact) mass is 453 g/mol. The van der Waals surface area contributed by atoms with Crippen LogP contribution in [0, 0.1) is 5.82 Å². The Kier molecular flexibility index (Phi) is 6.18. The molecule has 0 aliphatic rings. The van der Waals surface area contributed by atoms with Gasteiger partial charge in [0.05, 0.1) is 11.9 Å². The highest BCUT2D eigenvalue weighted by Gasteiger charge is 2.15. The van der Waals surface area contributed by atoms with Crippen LogP contribution in [0.2, 0.25) is 0 Å². The minimum Gasteiger partial charge on any atom is -0.486 e. The lowest BCUT2D eigenvalue weighted by Gasteiger charge is -2.19. The second-order valence-electron chi connectivity index (χ2n) is 8.25. The van der Waals surface area contributed by atoms with Gasteiger partial charge in [-0.05, 0) is 47.4 Å². The Bertz CT molecular complexity index is 1180. The molecule has 4 rings (SSSR count). The molecule has 32 heavy (non-hydrogen) atoms. The number of hydrogen-bond donors (Lipinski definition) is 1. The van der Waals surface area contributed by atoms with Crippen LogP contribution in [0.25, 0.3) is 11.3 Å². The topological polar surface area (TPSA) is 92.0 Å². The Morgan fingerprint density at radius 1 is 1.06 bits per heavy atom. The molecule has 0 fully saturated rings. The van der Waals surface area contributed by atoms with Crippen LogP contribution in [0.5, 0.6) is 5.75 Å². The zero-order chi connectivity index (χ0) is 22.7. The summed E-state index contributed by atoms with van der Waals surface area (Å²) in [4.78, 5) is 4.26. The van der Waals surface area contributed by atoms with E-state index in [0.29, 0.717) is 28.4 Å². The number of hydrogen-bond acceptors (Lipinski definition) is 7. The van der Waals surface area contributed by atoms with Crippen molar-refractivity contribution in [2.24, 2.45) is 0 Å². The number of rotatable bonds is 7. The number of benzene rings is 2. The van der Waals surface area contributed by atoms with E-state index < -0.39 is 0 Å². The molecule has 2 heterocycles. The van der Waals surface area contributed by atoms with E-state index in [1.165, 1.54) is 34.1 Å². The summed E-state index contributed by atoms with van der Waals surface area (Å²) in [5.41, 5.74) is 2.08. The lowest BCUT2D eigenvalue weighted by Crippen LogP contribution is -2.16. The summed E-state index contributed by atoms with van der Waals surface area (Å²) in [7, 11) is 0. The molecule has 0 amide bonds. The van der Waals surface area contributed by atoms with Gasteiger partial charge in [-0.2, -0.15) is 0 Å². The molecule has 0 saturated carbocycles. The second kappa shape index (κ2) is 9.04. The zero-order valence-corrected chi connectivity index (χ0v) is 18.9. The maximum Gasteiger partial charge on any atom is 0.210 e. The average molecular weight is 454 g/mol. The summed E-state index contributed by atoms with van der Waals surface area (Å²) in [5.74, 6) is 8.58. The van der Waals surface area contributed by atoms with Crippen LogP contribution in [0.15, 0.2) is 64.3 Å². The van der Waals surface area contributed by atoms with Crippen LogP contribution in [-0.4, -0.2) is 19.9 Å². The Morgan fingerprint density at radius 2 is 1.78 bits per heavy atom. The molecular formula is C23H24FN5O2S. The molecule has 7 nitrogen and oxygen atoms in total. The molecule has 0 atom stereocenters. The predicted octanol–water partition coefficient (Wildman–Crippen LogP) is 4.95. The van der Waals surface area contributed by atoms with Crippen LogP contribution in [0.1, 0.15) is 38.0 Å². The van der Waals surface area contributed by atoms with Crippen LogP contribution in [0.4, 0.5) is 4.39 Å². The fourth-order valence-electron chi connectivity index (χ4n) is 2.95. The third-order valence-corrected chi connectivity index (χ3v) is 5.76. The minimum atomic E-state index is -0.298. The smallest absolute Gasteiger partial charge is 0.210 e. The van der Waals surface area contributed by atoms with Crippen molar-refractivity contribution < 1.29 is 13.5 Å². The van der Waals surface area contributed by atoms with Gasteiger partial charge in [-0.1, -0.05) is 44.7 Å². The van der Waals surface area contributed by atoms with Gasteiger partial charge in [0.25, 0.3) is 0 Å². The van der Waals surface area contributed by atoms with E-state index in [1.54, 1.807) is 18.3 Å². The average Bonchev–Trinajstić information content (AvgIpc) is 3.38. The minimum absolute atomic E-state index is 0.0880. The highest BCUT2D eigenvalue weighted by Crippen LogP contribution is 2.26. The van der Waals surface area contributed by atoms with Gasteiger partial charge in [0.2, 0.25) is 11.0 Å². The Labute approximate surface area is 189 Å². The first kappa shape index (κ1) is 21.9. The number of nitrogen functional groups attached to an aromatic ring is 1. The van der Waals surface area contributed by atoms with Gasteiger partial charge in [-0.3, -0.25) is 0 Å². The second-order valence-corrected chi connectivity index (χ2v) is 9.19. The first-order valence-electron chi connectivity index (χ1n) is 10.1. The quantitative estimate of drug-likeness (QED) is 0.312. The van der Waals surface area contributed by atoms with Crippen molar-refractivity contribution in [1.29, 1.82) is 0 Å². The summed E-state index contributed by atoms with van der Waals surface area (Å²) in [5, 5.41) is 8.76. The van der Waals surface area contributed by atoms with E-state index in [1.807, 2.05) is 12.1 Å².